The smallest absolute Gasteiger partial charge is 0.342 e. The van der Waals surface area contributed by atoms with Crippen molar-refractivity contribution < 1.29 is 24.2 Å². The quantitative estimate of drug-likeness (QED) is 0.308. The van der Waals surface area contributed by atoms with Crippen molar-refractivity contribution in [3.05, 3.63) is 34.9 Å². The van der Waals surface area contributed by atoms with E-state index in [2.05, 4.69) is 30.7 Å². The highest BCUT2D eigenvalue weighted by Gasteiger charge is 2.22. The van der Waals surface area contributed by atoms with E-state index in [1.54, 1.807) is 0 Å². The first kappa shape index (κ1) is 21.9. The molecule has 0 unspecified atom stereocenters. The number of cyclic esters (lactones) is 2. The van der Waals surface area contributed by atoms with E-state index in [0.717, 1.165) is 38.5 Å². The van der Waals surface area contributed by atoms with Crippen LogP contribution >= 0.6 is 0 Å². The van der Waals surface area contributed by atoms with Gasteiger partial charge in [0, 0.05) is 18.1 Å². The molecule has 1 aliphatic rings. The molecule has 5 heteroatoms. The third-order valence-corrected chi connectivity index (χ3v) is 4.47. The standard InChI is InChI=1S/C21H30O5/c1-15(9-5-11-17(3)13-19(22)23)7-4-8-16(2)10-6-12-18-14-20(24)26-21(18)25/h8-9,14,17H,4-7,10-13H2,1-3H3,(H,22,23)/b15-9?,16-8-/t17-/m1/s1. The fraction of sp³-hybridized carbons (Fsp3) is 0.571. The molecule has 0 aromatic carbocycles. The summed E-state index contributed by atoms with van der Waals surface area (Å²) in [6, 6.07) is 0. The van der Waals surface area contributed by atoms with Crippen LogP contribution in [0.1, 0.15) is 72.1 Å². The molecule has 1 heterocycles. The molecule has 1 rings (SSSR count). The minimum Gasteiger partial charge on any atom is -0.481 e. The summed E-state index contributed by atoms with van der Waals surface area (Å²) >= 11 is 0. The van der Waals surface area contributed by atoms with Gasteiger partial charge in [-0.15, -0.1) is 0 Å². The summed E-state index contributed by atoms with van der Waals surface area (Å²) in [6.45, 7) is 6.17. The minimum absolute atomic E-state index is 0.209. The first-order valence-electron chi connectivity index (χ1n) is 9.27. The van der Waals surface area contributed by atoms with Crippen LogP contribution in [0.4, 0.5) is 0 Å². The Labute approximate surface area is 155 Å². The van der Waals surface area contributed by atoms with E-state index in [4.69, 9.17) is 5.11 Å². The lowest BCUT2D eigenvalue weighted by atomic mass is 10.00. The van der Waals surface area contributed by atoms with Crippen LogP contribution in [-0.2, 0) is 19.1 Å². The van der Waals surface area contributed by atoms with Crippen molar-refractivity contribution in [3.63, 3.8) is 0 Å². The summed E-state index contributed by atoms with van der Waals surface area (Å²) in [5.41, 5.74) is 3.08. The van der Waals surface area contributed by atoms with Crippen molar-refractivity contribution in [2.75, 3.05) is 0 Å². The van der Waals surface area contributed by atoms with Crippen LogP contribution in [0.5, 0.6) is 0 Å². The number of ether oxygens (including phenoxy) is 1. The van der Waals surface area contributed by atoms with Gasteiger partial charge in [0.1, 0.15) is 0 Å². The Morgan fingerprint density at radius 3 is 2.42 bits per heavy atom. The zero-order valence-electron chi connectivity index (χ0n) is 16.0. The lowest BCUT2D eigenvalue weighted by Gasteiger charge is -2.06. The third-order valence-electron chi connectivity index (χ3n) is 4.47. The lowest BCUT2D eigenvalue weighted by molar-refractivity contribution is -0.150. The van der Waals surface area contributed by atoms with Crippen molar-refractivity contribution in [1.29, 1.82) is 0 Å². The number of carbonyl (C=O) groups is 3. The molecular weight excluding hydrogens is 332 g/mol. The molecule has 0 aromatic heterocycles. The largest absolute Gasteiger partial charge is 0.481 e. The number of esters is 2. The average Bonchev–Trinajstić information content (AvgIpc) is 2.84. The summed E-state index contributed by atoms with van der Waals surface area (Å²) < 4.78 is 4.47. The second-order valence-corrected chi connectivity index (χ2v) is 7.15. The summed E-state index contributed by atoms with van der Waals surface area (Å²) in [6.07, 6.45) is 12.0. The molecule has 144 valence electrons. The molecule has 0 aromatic rings. The highest BCUT2D eigenvalue weighted by atomic mass is 16.6. The number of aliphatic carboxylic acids is 1. The van der Waals surface area contributed by atoms with Gasteiger partial charge in [-0.1, -0.05) is 30.2 Å². The molecule has 1 aliphatic heterocycles. The van der Waals surface area contributed by atoms with E-state index in [0.29, 0.717) is 12.0 Å². The van der Waals surface area contributed by atoms with E-state index < -0.39 is 17.9 Å². The van der Waals surface area contributed by atoms with Crippen LogP contribution in [0.25, 0.3) is 0 Å². The molecule has 0 fully saturated rings. The highest BCUT2D eigenvalue weighted by Crippen LogP contribution is 2.18. The Bertz CT molecular complexity index is 610. The van der Waals surface area contributed by atoms with Crippen LogP contribution in [0.3, 0.4) is 0 Å². The third kappa shape index (κ3) is 9.35. The maximum atomic E-state index is 11.3. The number of rotatable bonds is 12. The minimum atomic E-state index is -0.730. The van der Waals surface area contributed by atoms with Gasteiger partial charge in [-0.3, -0.25) is 4.79 Å². The Morgan fingerprint density at radius 2 is 1.81 bits per heavy atom. The summed E-state index contributed by atoms with van der Waals surface area (Å²) in [4.78, 5) is 32.9. The topological polar surface area (TPSA) is 80.7 Å². The Kier molecular flexibility index (Phi) is 9.63. The molecule has 0 radical (unpaired) electrons. The van der Waals surface area contributed by atoms with Crippen LogP contribution in [0, 0.1) is 5.92 Å². The summed E-state index contributed by atoms with van der Waals surface area (Å²) in [5.74, 6) is -1.58. The van der Waals surface area contributed by atoms with Crippen molar-refractivity contribution >= 4 is 17.9 Å². The molecule has 0 amide bonds. The molecule has 1 atom stereocenters. The van der Waals surface area contributed by atoms with Crippen LogP contribution in [0.2, 0.25) is 0 Å². The van der Waals surface area contributed by atoms with E-state index in [1.165, 1.54) is 17.2 Å². The highest BCUT2D eigenvalue weighted by molar-refractivity contribution is 6.08. The Morgan fingerprint density at radius 1 is 1.15 bits per heavy atom. The second kappa shape index (κ2) is 11.4. The first-order chi connectivity index (χ1) is 12.3. The van der Waals surface area contributed by atoms with Gasteiger partial charge in [0.15, 0.2) is 0 Å². The predicted molar refractivity (Wildman–Crippen MR) is 100 cm³/mol. The van der Waals surface area contributed by atoms with E-state index >= 15 is 0 Å². The maximum Gasteiger partial charge on any atom is 0.342 e. The lowest BCUT2D eigenvalue weighted by Crippen LogP contribution is -2.03. The van der Waals surface area contributed by atoms with Gasteiger partial charge >= 0.3 is 17.9 Å². The van der Waals surface area contributed by atoms with Gasteiger partial charge in [-0.05, 0) is 64.7 Å². The van der Waals surface area contributed by atoms with Crippen LogP contribution in [0.15, 0.2) is 34.9 Å². The average molecular weight is 362 g/mol. The second-order valence-electron chi connectivity index (χ2n) is 7.15. The van der Waals surface area contributed by atoms with Gasteiger partial charge in [-0.2, -0.15) is 0 Å². The number of carboxylic acids is 1. The fourth-order valence-corrected chi connectivity index (χ4v) is 2.88. The van der Waals surface area contributed by atoms with E-state index in [1.807, 2.05) is 6.92 Å². The zero-order valence-corrected chi connectivity index (χ0v) is 16.0. The molecule has 26 heavy (non-hydrogen) atoms. The maximum absolute atomic E-state index is 11.3. The van der Waals surface area contributed by atoms with Crippen molar-refractivity contribution in [3.8, 4) is 0 Å². The van der Waals surface area contributed by atoms with E-state index in [-0.39, 0.29) is 12.3 Å². The van der Waals surface area contributed by atoms with Gasteiger partial charge in [0.2, 0.25) is 0 Å². The molecular formula is C21H30O5. The van der Waals surface area contributed by atoms with E-state index in [9.17, 15) is 14.4 Å². The normalized spacial score (nSPS) is 16.5. The molecule has 0 saturated heterocycles. The summed E-state index contributed by atoms with van der Waals surface area (Å²) in [7, 11) is 0. The number of allylic oxidation sites excluding steroid dienone is 4. The zero-order chi connectivity index (χ0) is 19.5. The van der Waals surface area contributed by atoms with Crippen molar-refractivity contribution in [2.24, 2.45) is 5.92 Å². The number of hydrogen-bond donors (Lipinski definition) is 1. The molecule has 0 aliphatic carbocycles. The number of carboxylic acid groups (broad SMARTS) is 1. The van der Waals surface area contributed by atoms with Gasteiger partial charge in [0.25, 0.3) is 0 Å². The van der Waals surface area contributed by atoms with Crippen molar-refractivity contribution in [2.45, 2.75) is 72.1 Å². The number of hydrogen-bond acceptors (Lipinski definition) is 4. The molecule has 1 N–H and O–H groups in total. The molecule has 0 spiro atoms. The van der Waals surface area contributed by atoms with Crippen LogP contribution < -0.4 is 0 Å². The molecule has 5 nitrogen and oxygen atoms in total. The predicted octanol–water partition coefficient (Wildman–Crippen LogP) is 4.73. The number of carbonyl (C=O) groups excluding carboxylic acids is 2. The van der Waals surface area contributed by atoms with Gasteiger partial charge in [0.05, 0.1) is 0 Å². The van der Waals surface area contributed by atoms with Gasteiger partial charge in [-0.25, -0.2) is 9.59 Å². The first-order valence-corrected chi connectivity index (χ1v) is 9.27. The molecule has 0 bridgehead atoms. The Hall–Kier alpha value is -2.17. The summed E-state index contributed by atoms with van der Waals surface area (Å²) in [5, 5.41) is 8.75. The van der Waals surface area contributed by atoms with Gasteiger partial charge < -0.3 is 9.84 Å². The Balaban J connectivity index is 2.20. The van der Waals surface area contributed by atoms with Crippen LogP contribution in [-0.4, -0.2) is 23.0 Å². The fourth-order valence-electron chi connectivity index (χ4n) is 2.88. The SMILES string of the molecule is CC(=CCC[C@@H](C)CC(=O)O)CC/C=C(/C)CCCC1=CC(=O)OC1=O. The molecule has 0 saturated carbocycles. The monoisotopic (exact) mass is 362 g/mol. The van der Waals surface area contributed by atoms with Crippen molar-refractivity contribution in [1.82, 2.24) is 0 Å².